The molecule has 0 radical (unpaired) electrons. The molecule has 1 aliphatic heterocycles. The van der Waals surface area contributed by atoms with Crippen molar-refractivity contribution in [2.75, 3.05) is 51.8 Å². The van der Waals surface area contributed by atoms with E-state index < -0.39 is 0 Å². The zero-order valence-electron chi connectivity index (χ0n) is 16.3. The van der Waals surface area contributed by atoms with E-state index in [0.29, 0.717) is 0 Å². The van der Waals surface area contributed by atoms with Gasteiger partial charge in [-0.3, -0.25) is 9.67 Å². The lowest BCUT2D eigenvalue weighted by molar-refractivity contribution is 0.370. The van der Waals surface area contributed by atoms with Crippen molar-refractivity contribution < 1.29 is 4.74 Å². The topological polar surface area (TPSA) is 57.9 Å². The van der Waals surface area contributed by atoms with E-state index in [2.05, 4.69) is 50.5 Å². The summed E-state index contributed by atoms with van der Waals surface area (Å²) in [6.45, 7) is 7.51. The third kappa shape index (κ3) is 5.75. The van der Waals surface area contributed by atoms with Crippen LogP contribution in [0.2, 0.25) is 0 Å². The molecule has 7 nitrogen and oxygen atoms in total. The van der Waals surface area contributed by atoms with Gasteiger partial charge in [0.15, 0.2) is 5.96 Å². The van der Waals surface area contributed by atoms with Gasteiger partial charge in [-0.25, -0.2) is 0 Å². The van der Waals surface area contributed by atoms with Crippen LogP contribution in [-0.2, 0) is 6.54 Å². The van der Waals surface area contributed by atoms with Crippen LogP contribution < -0.4 is 15.0 Å². The number of piperazine rings is 1. The molecule has 1 N–H and O–H groups in total. The Bertz CT molecular complexity index is 739. The molecule has 0 aliphatic carbocycles. The summed E-state index contributed by atoms with van der Waals surface area (Å²) in [7, 11) is 3.55. The van der Waals surface area contributed by atoms with Crippen LogP contribution in [0.1, 0.15) is 5.56 Å². The molecule has 1 fully saturated rings. The van der Waals surface area contributed by atoms with Gasteiger partial charge >= 0.3 is 0 Å². The smallest absolute Gasteiger partial charge is 0.193 e. The Morgan fingerprint density at radius 1 is 1.26 bits per heavy atom. The van der Waals surface area contributed by atoms with Crippen LogP contribution in [0.4, 0.5) is 5.69 Å². The van der Waals surface area contributed by atoms with E-state index in [9.17, 15) is 0 Å². The summed E-state index contributed by atoms with van der Waals surface area (Å²) in [5.74, 6) is 1.86. The number of aliphatic imine (C=N–C) groups is 1. The number of guanidine groups is 1. The van der Waals surface area contributed by atoms with E-state index >= 15 is 0 Å². The number of nitrogens with one attached hydrogen (secondary N) is 1. The van der Waals surface area contributed by atoms with Crippen LogP contribution in [0.3, 0.4) is 0 Å². The highest BCUT2D eigenvalue weighted by molar-refractivity contribution is 14.0. The number of rotatable bonds is 5. The number of hydrogen-bond donors (Lipinski definition) is 1. The summed E-state index contributed by atoms with van der Waals surface area (Å²) in [4.78, 5) is 9.13. The van der Waals surface area contributed by atoms with Gasteiger partial charge in [0.25, 0.3) is 0 Å². The number of aromatic nitrogens is 2. The normalized spacial score (nSPS) is 14.7. The first-order chi connectivity index (χ1) is 12.7. The van der Waals surface area contributed by atoms with Crippen LogP contribution >= 0.6 is 24.0 Å². The van der Waals surface area contributed by atoms with Gasteiger partial charge in [-0.1, -0.05) is 6.07 Å². The number of aryl methyl sites for hydroxylation is 1. The van der Waals surface area contributed by atoms with Crippen molar-refractivity contribution in [3.05, 3.63) is 42.2 Å². The Morgan fingerprint density at radius 3 is 2.67 bits per heavy atom. The predicted octanol–water partition coefficient (Wildman–Crippen LogP) is 2.22. The molecule has 1 aliphatic rings. The predicted molar refractivity (Wildman–Crippen MR) is 121 cm³/mol. The number of anilines is 1. The van der Waals surface area contributed by atoms with Gasteiger partial charge in [-0.05, 0) is 24.6 Å². The molecule has 1 aromatic carbocycles. The fourth-order valence-electron chi connectivity index (χ4n) is 3.19. The van der Waals surface area contributed by atoms with Crippen molar-refractivity contribution >= 4 is 35.6 Å². The molecule has 0 bridgehead atoms. The molecule has 1 saturated heterocycles. The van der Waals surface area contributed by atoms with Crippen molar-refractivity contribution in [3.63, 3.8) is 0 Å². The summed E-state index contributed by atoms with van der Waals surface area (Å²) in [5.41, 5.74) is 2.39. The number of ether oxygens (including phenoxy) is 1. The molecule has 148 valence electrons. The number of benzene rings is 1. The molecule has 2 aromatic rings. The highest BCUT2D eigenvalue weighted by Gasteiger charge is 2.20. The van der Waals surface area contributed by atoms with E-state index in [-0.39, 0.29) is 24.0 Å². The highest BCUT2D eigenvalue weighted by atomic mass is 127. The molecule has 0 saturated carbocycles. The van der Waals surface area contributed by atoms with Crippen molar-refractivity contribution in [2.45, 2.75) is 13.5 Å². The Balaban J connectivity index is 0.00000261. The summed E-state index contributed by atoms with van der Waals surface area (Å²) >= 11 is 0. The van der Waals surface area contributed by atoms with Gasteiger partial charge in [-0.15, -0.1) is 24.0 Å². The largest absolute Gasteiger partial charge is 0.497 e. The molecular weight excluding hydrogens is 455 g/mol. The maximum Gasteiger partial charge on any atom is 0.193 e. The van der Waals surface area contributed by atoms with Crippen molar-refractivity contribution in [2.24, 2.45) is 4.99 Å². The second kappa shape index (κ2) is 10.4. The zero-order chi connectivity index (χ0) is 18.4. The average Bonchev–Trinajstić information content (AvgIpc) is 3.10. The van der Waals surface area contributed by atoms with E-state index in [0.717, 1.165) is 51.0 Å². The minimum Gasteiger partial charge on any atom is -0.497 e. The van der Waals surface area contributed by atoms with Gasteiger partial charge in [0, 0.05) is 57.7 Å². The van der Waals surface area contributed by atoms with Crippen LogP contribution in [0.25, 0.3) is 0 Å². The minimum atomic E-state index is 0. The molecule has 0 spiro atoms. The standard InChI is InChI=1S/C19H28N6O.HI/c1-16-14-22-25(15-16)8-7-21-19(20-2)24-11-9-23(10-12-24)17-5-4-6-18(13-17)26-3;/h4-6,13-15H,7-12H2,1-3H3,(H,20,21);1H. The maximum absolute atomic E-state index is 5.33. The SMILES string of the molecule is CN=C(NCCn1cc(C)cn1)N1CCN(c2cccc(OC)c2)CC1.I. The number of nitrogens with zero attached hydrogens (tertiary/aromatic N) is 5. The van der Waals surface area contributed by atoms with Crippen molar-refractivity contribution in [1.82, 2.24) is 20.0 Å². The monoisotopic (exact) mass is 484 g/mol. The number of hydrogen-bond acceptors (Lipinski definition) is 4. The van der Waals surface area contributed by atoms with Gasteiger partial charge < -0.3 is 19.9 Å². The Morgan fingerprint density at radius 2 is 2.04 bits per heavy atom. The first-order valence-corrected chi connectivity index (χ1v) is 9.03. The third-order valence-electron chi connectivity index (χ3n) is 4.60. The fourth-order valence-corrected chi connectivity index (χ4v) is 3.19. The Labute approximate surface area is 178 Å². The highest BCUT2D eigenvalue weighted by Crippen LogP contribution is 2.22. The fraction of sp³-hybridized carbons (Fsp3) is 0.474. The molecular formula is C19H29IN6O. The quantitative estimate of drug-likeness (QED) is 0.401. The summed E-state index contributed by atoms with van der Waals surface area (Å²) < 4.78 is 7.29. The third-order valence-corrected chi connectivity index (χ3v) is 4.60. The number of methoxy groups -OCH3 is 1. The second-order valence-electron chi connectivity index (χ2n) is 6.43. The number of halogens is 1. The van der Waals surface area contributed by atoms with E-state index in [1.807, 2.05) is 30.1 Å². The first-order valence-electron chi connectivity index (χ1n) is 9.03. The molecule has 3 rings (SSSR count). The summed E-state index contributed by atoms with van der Waals surface area (Å²) in [5, 5.41) is 7.76. The average molecular weight is 484 g/mol. The second-order valence-corrected chi connectivity index (χ2v) is 6.43. The van der Waals surface area contributed by atoms with Crippen molar-refractivity contribution in [1.29, 1.82) is 0 Å². The maximum atomic E-state index is 5.33. The molecule has 0 amide bonds. The Kier molecular flexibility index (Phi) is 8.21. The molecule has 0 atom stereocenters. The van der Waals surface area contributed by atoms with Gasteiger partial charge in [0.2, 0.25) is 0 Å². The van der Waals surface area contributed by atoms with E-state index in [1.54, 1.807) is 7.11 Å². The molecule has 2 heterocycles. The van der Waals surface area contributed by atoms with E-state index in [4.69, 9.17) is 4.74 Å². The lowest BCUT2D eigenvalue weighted by Gasteiger charge is -2.37. The van der Waals surface area contributed by atoms with Crippen LogP contribution in [-0.4, -0.2) is 67.5 Å². The van der Waals surface area contributed by atoms with Crippen molar-refractivity contribution in [3.8, 4) is 5.75 Å². The molecule has 1 aromatic heterocycles. The van der Waals surface area contributed by atoms with Gasteiger partial charge in [0.05, 0.1) is 19.9 Å². The van der Waals surface area contributed by atoms with Gasteiger partial charge in [0.1, 0.15) is 5.75 Å². The van der Waals surface area contributed by atoms with Gasteiger partial charge in [-0.2, -0.15) is 5.10 Å². The van der Waals surface area contributed by atoms with E-state index in [1.165, 1.54) is 11.3 Å². The van der Waals surface area contributed by atoms with Crippen LogP contribution in [0, 0.1) is 6.92 Å². The lowest BCUT2D eigenvalue weighted by Crippen LogP contribution is -2.52. The zero-order valence-corrected chi connectivity index (χ0v) is 18.6. The molecule has 8 heteroatoms. The molecule has 27 heavy (non-hydrogen) atoms. The molecule has 0 unspecified atom stereocenters. The summed E-state index contributed by atoms with van der Waals surface area (Å²) in [6, 6.07) is 8.25. The first kappa shape index (κ1) is 21.3. The van der Waals surface area contributed by atoms with Crippen LogP contribution in [0.5, 0.6) is 5.75 Å². The van der Waals surface area contributed by atoms with Crippen LogP contribution in [0.15, 0.2) is 41.7 Å². The lowest BCUT2D eigenvalue weighted by atomic mass is 10.2. The minimum absolute atomic E-state index is 0. The summed E-state index contributed by atoms with van der Waals surface area (Å²) in [6.07, 6.45) is 3.93. The Hall–Kier alpha value is -1.97.